The van der Waals surface area contributed by atoms with Gasteiger partial charge in [0.15, 0.2) is 5.01 Å². The SMILES string of the molecule is Cc1ccsc1-c1nnc(C(C)N)s1. The zero-order valence-corrected chi connectivity index (χ0v) is 9.65. The molecule has 5 heteroatoms. The highest BCUT2D eigenvalue weighted by Gasteiger charge is 2.11. The molecular weight excluding hydrogens is 214 g/mol. The van der Waals surface area contributed by atoms with E-state index >= 15 is 0 Å². The molecule has 1 atom stereocenters. The Morgan fingerprint density at radius 2 is 2.21 bits per heavy atom. The van der Waals surface area contributed by atoms with E-state index in [0.29, 0.717) is 0 Å². The minimum atomic E-state index is -0.0264. The Labute approximate surface area is 90.6 Å². The van der Waals surface area contributed by atoms with Crippen molar-refractivity contribution in [3.8, 4) is 9.88 Å². The second-order valence-corrected chi connectivity index (χ2v) is 5.09. The van der Waals surface area contributed by atoms with Crippen molar-refractivity contribution in [3.63, 3.8) is 0 Å². The average Bonchev–Trinajstić information content (AvgIpc) is 2.71. The van der Waals surface area contributed by atoms with Crippen LogP contribution < -0.4 is 5.73 Å². The van der Waals surface area contributed by atoms with Crippen molar-refractivity contribution in [1.82, 2.24) is 10.2 Å². The Morgan fingerprint density at radius 3 is 2.71 bits per heavy atom. The van der Waals surface area contributed by atoms with Crippen molar-refractivity contribution in [2.24, 2.45) is 5.73 Å². The van der Waals surface area contributed by atoms with Gasteiger partial charge in [-0.05, 0) is 30.9 Å². The van der Waals surface area contributed by atoms with Crippen molar-refractivity contribution < 1.29 is 0 Å². The largest absolute Gasteiger partial charge is 0.322 e. The number of nitrogens with two attached hydrogens (primary N) is 1. The fourth-order valence-electron chi connectivity index (χ4n) is 1.10. The lowest BCUT2D eigenvalue weighted by Gasteiger charge is -1.94. The van der Waals surface area contributed by atoms with Crippen molar-refractivity contribution in [2.75, 3.05) is 0 Å². The Bertz CT molecular complexity index is 431. The molecule has 2 aromatic heterocycles. The first-order valence-electron chi connectivity index (χ1n) is 4.32. The van der Waals surface area contributed by atoms with Crippen molar-refractivity contribution in [3.05, 3.63) is 22.0 Å². The first-order chi connectivity index (χ1) is 6.68. The summed E-state index contributed by atoms with van der Waals surface area (Å²) in [5.74, 6) is 0. The molecule has 0 aliphatic heterocycles. The summed E-state index contributed by atoms with van der Waals surface area (Å²) < 4.78 is 0. The van der Waals surface area contributed by atoms with Gasteiger partial charge in [0.2, 0.25) is 0 Å². The fraction of sp³-hybridized carbons (Fsp3) is 0.333. The van der Waals surface area contributed by atoms with Gasteiger partial charge in [0.1, 0.15) is 5.01 Å². The highest BCUT2D eigenvalue weighted by atomic mass is 32.1. The normalized spacial score (nSPS) is 13.1. The van der Waals surface area contributed by atoms with Crippen molar-refractivity contribution in [1.29, 1.82) is 0 Å². The number of hydrogen-bond acceptors (Lipinski definition) is 5. The standard InChI is InChI=1S/C9H11N3S2/c1-5-3-4-13-7(5)9-12-11-8(14-9)6(2)10/h3-4,6H,10H2,1-2H3. The molecule has 0 aromatic carbocycles. The van der Waals surface area contributed by atoms with Gasteiger partial charge < -0.3 is 5.73 Å². The lowest BCUT2D eigenvalue weighted by Crippen LogP contribution is -2.03. The maximum absolute atomic E-state index is 5.73. The Kier molecular flexibility index (Phi) is 2.62. The van der Waals surface area contributed by atoms with Crippen LogP contribution in [0.4, 0.5) is 0 Å². The van der Waals surface area contributed by atoms with Gasteiger partial charge in [-0.25, -0.2) is 0 Å². The molecule has 3 nitrogen and oxygen atoms in total. The van der Waals surface area contributed by atoms with E-state index in [1.54, 1.807) is 22.7 Å². The molecule has 0 saturated carbocycles. The first kappa shape index (κ1) is 9.76. The molecular formula is C9H11N3S2. The van der Waals surface area contributed by atoms with Crippen LogP contribution in [0, 0.1) is 6.92 Å². The van der Waals surface area contributed by atoms with Gasteiger partial charge >= 0.3 is 0 Å². The highest BCUT2D eigenvalue weighted by molar-refractivity contribution is 7.20. The molecule has 2 N–H and O–H groups in total. The minimum Gasteiger partial charge on any atom is -0.322 e. The fourth-order valence-corrected chi connectivity index (χ4v) is 2.98. The monoisotopic (exact) mass is 225 g/mol. The highest BCUT2D eigenvalue weighted by Crippen LogP contribution is 2.32. The van der Waals surface area contributed by atoms with Gasteiger partial charge in [0, 0.05) is 0 Å². The zero-order chi connectivity index (χ0) is 10.1. The van der Waals surface area contributed by atoms with Crippen LogP contribution in [0.1, 0.15) is 23.5 Å². The zero-order valence-electron chi connectivity index (χ0n) is 8.02. The summed E-state index contributed by atoms with van der Waals surface area (Å²) in [5, 5.41) is 12.1. The molecule has 0 aliphatic carbocycles. The molecule has 0 saturated heterocycles. The number of aromatic nitrogens is 2. The van der Waals surface area contributed by atoms with Crippen molar-refractivity contribution in [2.45, 2.75) is 19.9 Å². The maximum Gasteiger partial charge on any atom is 0.158 e. The topological polar surface area (TPSA) is 51.8 Å². The molecule has 0 amide bonds. The minimum absolute atomic E-state index is 0.0264. The van der Waals surface area contributed by atoms with Gasteiger partial charge in [-0.2, -0.15) is 0 Å². The average molecular weight is 225 g/mol. The molecule has 2 rings (SSSR count). The smallest absolute Gasteiger partial charge is 0.158 e. The van der Waals surface area contributed by atoms with Crippen LogP contribution >= 0.6 is 22.7 Å². The third-order valence-electron chi connectivity index (χ3n) is 1.89. The first-order valence-corrected chi connectivity index (χ1v) is 6.01. The molecule has 0 bridgehead atoms. The van der Waals surface area contributed by atoms with Crippen LogP contribution in [0.25, 0.3) is 9.88 Å². The molecule has 2 heterocycles. The number of rotatable bonds is 2. The van der Waals surface area contributed by atoms with Gasteiger partial charge in [-0.1, -0.05) is 11.3 Å². The summed E-state index contributed by atoms with van der Waals surface area (Å²) in [7, 11) is 0. The van der Waals surface area contributed by atoms with Gasteiger partial charge in [-0.15, -0.1) is 21.5 Å². The number of hydrogen-bond donors (Lipinski definition) is 1. The predicted molar refractivity (Wildman–Crippen MR) is 60.6 cm³/mol. The van der Waals surface area contributed by atoms with Crippen LogP contribution in [0.5, 0.6) is 0 Å². The van der Waals surface area contributed by atoms with Crippen molar-refractivity contribution >= 4 is 22.7 Å². The van der Waals surface area contributed by atoms with E-state index in [1.165, 1.54) is 10.4 Å². The number of thiophene rings is 1. The van der Waals surface area contributed by atoms with Gasteiger partial charge in [0.05, 0.1) is 10.9 Å². The Morgan fingerprint density at radius 1 is 1.43 bits per heavy atom. The van der Waals surface area contributed by atoms with Gasteiger partial charge in [0.25, 0.3) is 0 Å². The molecule has 14 heavy (non-hydrogen) atoms. The summed E-state index contributed by atoms with van der Waals surface area (Å²) >= 11 is 3.27. The molecule has 0 radical (unpaired) electrons. The summed E-state index contributed by atoms with van der Waals surface area (Å²) in [4.78, 5) is 1.20. The van der Waals surface area contributed by atoms with Crippen LogP contribution in [0.15, 0.2) is 11.4 Å². The Balaban J connectivity index is 2.39. The van der Waals surface area contributed by atoms with E-state index < -0.39 is 0 Å². The van der Waals surface area contributed by atoms with Crippen LogP contribution in [0.2, 0.25) is 0 Å². The molecule has 74 valence electrons. The van der Waals surface area contributed by atoms with E-state index in [2.05, 4.69) is 28.6 Å². The van der Waals surface area contributed by atoms with E-state index in [-0.39, 0.29) is 6.04 Å². The van der Waals surface area contributed by atoms with Gasteiger partial charge in [-0.3, -0.25) is 0 Å². The molecule has 2 aromatic rings. The van der Waals surface area contributed by atoms with Crippen LogP contribution in [-0.4, -0.2) is 10.2 Å². The van der Waals surface area contributed by atoms with E-state index in [4.69, 9.17) is 5.73 Å². The number of aryl methyl sites for hydroxylation is 1. The third kappa shape index (κ3) is 1.70. The van der Waals surface area contributed by atoms with E-state index in [1.807, 2.05) is 6.92 Å². The summed E-state index contributed by atoms with van der Waals surface area (Å²) in [6, 6.07) is 2.06. The third-order valence-corrected chi connectivity index (χ3v) is 4.18. The predicted octanol–water partition coefficient (Wildman–Crippen LogP) is 2.59. The van der Waals surface area contributed by atoms with Crippen LogP contribution in [0.3, 0.4) is 0 Å². The molecule has 0 spiro atoms. The van der Waals surface area contributed by atoms with E-state index in [0.717, 1.165) is 10.0 Å². The Hall–Kier alpha value is -0.780. The van der Waals surface area contributed by atoms with E-state index in [9.17, 15) is 0 Å². The summed E-state index contributed by atoms with van der Waals surface area (Å²) in [5.41, 5.74) is 6.98. The van der Waals surface area contributed by atoms with Crippen LogP contribution in [-0.2, 0) is 0 Å². The quantitative estimate of drug-likeness (QED) is 0.854. The lowest BCUT2D eigenvalue weighted by molar-refractivity contribution is 0.786. The number of nitrogens with zero attached hydrogens (tertiary/aromatic N) is 2. The second kappa shape index (κ2) is 3.76. The lowest BCUT2D eigenvalue weighted by atomic mass is 10.3. The maximum atomic E-state index is 5.73. The molecule has 0 fully saturated rings. The summed E-state index contributed by atoms with van der Waals surface area (Å²) in [6.07, 6.45) is 0. The second-order valence-electron chi connectivity index (χ2n) is 3.17. The molecule has 1 unspecified atom stereocenters. The molecule has 0 aliphatic rings. The summed E-state index contributed by atoms with van der Waals surface area (Å²) in [6.45, 7) is 4.00.